The second kappa shape index (κ2) is 7.84. The molecule has 0 aliphatic carbocycles. The third-order valence-corrected chi connectivity index (χ3v) is 4.79. The monoisotopic (exact) mass is 382 g/mol. The topological polar surface area (TPSA) is 58.6 Å². The van der Waals surface area contributed by atoms with Gasteiger partial charge in [0.1, 0.15) is 17.3 Å². The quantitative estimate of drug-likeness (QED) is 0.617. The number of ether oxygens (including phenoxy) is 1. The summed E-state index contributed by atoms with van der Waals surface area (Å²) in [5, 5.41) is 2.59. The first-order valence-corrected chi connectivity index (χ1v) is 9.08. The molecule has 0 aromatic heterocycles. The highest BCUT2D eigenvalue weighted by atomic mass is 19.1. The van der Waals surface area contributed by atoms with Crippen molar-refractivity contribution >= 4 is 18.0 Å². The minimum Gasteiger partial charge on any atom is -0.496 e. The Kier molecular flexibility index (Phi) is 5.49. The Bertz CT molecular complexity index is 966. The Hall–Kier alpha value is -3.15. The highest BCUT2D eigenvalue weighted by molar-refractivity contribution is 6.14. The molecule has 146 valence electrons. The van der Waals surface area contributed by atoms with Crippen LogP contribution in [0.3, 0.4) is 0 Å². The Labute approximate surface area is 163 Å². The van der Waals surface area contributed by atoms with E-state index in [1.54, 1.807) is 31.4 Å². The van der Waals surface area contributed by atoms with Crippen LogP contribution in [-0.2, 0) is 11.3 Å². The lowest BCUT2D eigenvalue weighted by Gasteiger charge is -2.15. The molecule has 28 heavy (non-hydrogen) atoms. The maximum Gasteiger partial charge on any atom is 0.329 e. The van der Waals surface area contributed by atoms with Gasteiger partial charge in [-0.05, 0) is 53.8 Å². The van der Waals surface area contributed by atoms with Crippen LogP contribution in [0.4, 0.5) is 9.18 Å². The van der Waals surface area contributed by atoms with Crippen molar-refractivity contribution in [3.63, 3.8) is 0 Å². The van der Waals surface area contributed by atoms with E-state index in [9.17, 15) is 14.0 Å². The zero-order chi connectivity index (χ0) is 20.4. The van der Waals surface area contributed by atoms with E-state index in [0.717, 1.165) is 27.3 Å². The smallest absolute Gasteiger partial charge is 0.329 e. The molecule has 2 aromatic carbocycles. The number of hydrogen-bond acceptors (Lipinski definition) is 3. The molecular weight excluding hydrogens is 359 g/mol. The van der Waals surface area contributed by atoms with Gasteiger partial charge in [0, 0.05) is 5.56 Å². The summed E-state index contributed by atoms with van der Waals surface area (Å²) in [5.41, 5.74) is 3.21. The molecule has 0 saturated carbocycles. The van der Waals surface area contributed by atoms with E-state index in [0.29, 0.717) is 0 Å². The van der Waals surface area contributed by atoms with Gasteiger partial charge in [0.2, 0.25) is 0 Å². The van der Waals surface area contributed by atoms with E-state index in [2.05, 4.69) is 19.2 Å². The van der Waals surface area contributed by atoms with Crippen molar-refractivity contribution in [2.45, 2.75) is 33.2 Å². The number of carbonyl (C=O) groups is 2. The first-order chi connectivity index (χ1) is 13.3. The maximum absolute atomic E-state index is 13.9. The minimum absolute atomic E-state index is 0.118. The fourth-order valence-corrected chi connectivity index (χ4v) is 3.17. The predicted molar refractivity (Wildman–Crippen MR) is 105 cm³/mol. The van der Waals surface area contributed by atoms with Crippen LogP contribution in [0.1, 0.15) is 42.0 Å². The van der Waals surface area contributed by atoms with Gasteiger partial charge in [-0.2, -0.15) is 0 Å². The molecule has 0 bridgehead atoms. The molecule has 1 aliphatic rings. The van der Waals surface area contributed by atoms with Crippen molar-refractivity contribution in [2.24, 2.45) is 0 Å². The van der Waals surface area contributed by atoms with Gasteiger partial charge < -0.3 is 10.1 Å². The zero-order valence-electron chi connectivity index (χ0n) is 16.4. The van der Waals surface area contributed by atoms with Crippen molar-refractivity contribution in [2.75, 3.05) is 7.11 Å². The van der Waals surface area contributed by atoms with Crippen LogP contribution in [0.25, 0.3) is 6.08 Å². The van der Waals surface area contributed by atoms with Crippen LogP contribution in [0.2, 0.25) is 0 Å². The summed E-state index contributed by atoms with van der Waals surface area (Å²) in [6.45, 7) is 5.91. The van der Waals surface area contributed by atoms with Crippen molar-refractivity contribution in [3.05, 3.63) is 70.2 Å². The number of methoxy groups -OCH3 is 1. The van der Waals surface area contributed by atoms with Gasteiger partial charge in [0.25, 0.3) is 5.91 Å². The lowest BCUT2D eigenvalue weighted by atomic mass is 9.96. The van der Waals surface area contributed by atoms with Gasteiger partial charge in [-0.3, -0.25) is 9.69 Å². The summed E-state index contributed by atoms with van der Waals surface area (Å²) in [6.07, 6.45) is 1.65. The normalized spacial score (nSPS) is 15.5. The molecule has 6 heteroatoms. The molecule has 0 atom stereocenters. The maximum atomic E-state index is 13.9. The van der Waals surface area contributed by atoms with E-state index in [1.807, 2.05) is 19.1 Å². The first-order valence-electron chi connectivity index (χ1n) is 9.08. The van der Waals surface area contributed by atoms with Crippen molar-refractivity contribution < 1.29 is 18.7 Å². The molecule has 1 saturated heterocycles. The van der Waals surface area contributed by atoms with Crippen LogP contribution in [0.15, 0.2) is 42.1 Å². The number of rotatable bonds is 5. The summed E-state index contributed by atoms with van der Waals surface area (Å²) in [7, 11) is 1.63. The van der Waals surface area contributed by atoms with Gasteiger partial charge >= 0.3 is 6.03 Å². The van der Waals surface area contributed by atoms with E-state index < -0.39 is 17.8 Å². The Morgan fingerprint density at radius 3 is 2.57 bits per heavy atom. The number of carbonyl (C=O) groups excluding carboxylic acids is 2. The number of hydrogen-bond donors (Lipinski definition) is 1. The molecule has 0 spiro atoms. The SMILES string of the molecule is COc1cc(C)c(/C=C2/NC(=O)N(Cc3ccccc3F)C2=O)cc1C(C)C. The molecule has 2 aromatic rings. The Morgan fingerprint density at radius 2 is 1.93 bits per heavy atom. The molecule has 1 fully saturated rings. The number of nitrogens with zero attached hydrogens (tertiary/aromatic N) is 1. The van der Waals surface area contributed by atoms with Gasteiger partial charge in [0.05, 0.1) is 13.7 Å². The van der Waals surface area contributed by atoms with Crippen molar-refractivity contribution in [3.8, 4) is 5.75 Å². The Morgan fingerprint density at radius 1 is 1.21 bits per heavy atom. The van der Waals surface area contributed by atoms with E-state index in [4.69, 9.17) is 4.74 Å². The van der Waals surface area contributed by atoms with E-state index in [1.165, 1.54) is 6.07 Å². The summed E-state index contributed by atoms with van der Waals surface area (Å²) in [5.74, 6) is 0.0967. The molecule has 1 aliphatic heterocycles. The summed E-state index contributed by atoms with van der Waals surface area (Å²) in [4.78, 5) is 26.0. The number of urea groups is 1. The molecule has 5 nitrogen and oxygen atoms in total. The van der Waals surface area contributed by atoms with Gasteiger partial charge in [-0.15, -0.1) is 0 Å². The number of aryl methyl sites for hydroxylation is 1. The molecule has 3 amide bonds. The van der Waals surface area contributed by atoms with Gasteiger partial charge in [0.15, 0.2) is 0 Å². The molecule has 3 rings (SSSR count). The molecule has 0 radical (unpaired) electrons. The van der Waals surface area contributed by atoms with Crippen LogP contribution < -0.4 is 10.1 Å². The first kappa shape index (κ1) is 19.6. The predicted octanol–water partition coefficient (Wildman–Crippen LogP) is 4.36. The van der Waals surface area contributed by atoms with Gasteiger partial charge in [-0.25, -0.2) is 9.18 Å². The molecule has 0 unspecified atom stereocenters. The van der Waals surface area contributed by atoms with Crippen molar-refractivity contribution in [1.29, 1.82) is 0 Å². The number of amides is 3. The third-order valence-electron chi connectivity index (χ3n) is 4.79. The van der Waals surface area contributed by atoms with Crippen LogP contribution in [0.5, 0.6) is 5.75 Å². The molecular formula is C22H23FN2O3. The summed E-state index contributed by atoms with van der Waals surface area (Å²) in [6, 6.07) is 9.41. The fourth-order valence-electron chi connectivity index (χ4n) is 3.17. The second-order valence-electron chi connectivity index (χ2n) is 7.08. The highest BCUT2D eigenvalue weighted by Crippen LogP contribution is 2.31. The lowest BCUT2D eigenvalue weighted by molar-refractivity contribution is -0.123. The standard InChI is InChI=1S/C22H23FN2O3/c1-13(2)17-10-16(14(3)9-20(17)28-4)11-19-21(26)25(22(27)24-19)12-15-7-5-6-8-18(15)23/h5-11,13H,12H2,1-4H3,(H,24,27)/b19-11+. The number of imide groups is 1. The Balaban J connectivity index is 1.92. The fraction of sp³-hybridized carbons (Fsp3) is 0.273. The average molecular weight is 382 g/mol. The van der Waals surface area contributed by atoms with Crippen LogP contribution in [-0.4, -0.2) is 23.9 Å². The molecule has 1 N–H and O–H groups in total. The number of benzene rings is 2. The second-order valence-corrected chi connectivity index (χ2v) is 7.08. The van der Waals surface area contributed by atoms with Gasteiger partial charge in [-0.1, -0.05) is 32.0 Å². The van der Waals surface area contributed by atoms with Crippen LogP contribution in [0, 0.1) is 12.7 Å². The van der Waals surface area contributed by atoms with Crippen LogP contribution >= 0.6 is 0 Å². The minimum atomic E-state index is -0.560. The largest absolute Gasteiger partial charge is 0.496 e. The van der Waals surface area contributed by atoms with E-state index >= 15 is 0 Å². The lowest BCUT2D eigenvalue weighted by Crippen LogP contribution is -2.30. The highest BCUT2D eigenvalue weighted by Gasteiger charge is 2.34. The molecule has 1 heterocycles. The van der Waals surface area contributed by atoms with Crippen molar-refractivity contribution in [1.82, 2.24) is 10.2 Å². The zero-order valence-corrected chi connectivity index (χ0v) is 16.4. The number of halogens is 1. The number of nitrogens with one attached hydrogen (secondary N) is 1. The summed E-state index contributed by atoms with van der Waals surface area (Å²) >= 11 is 0. The summed E-state index contributed by atoms with van der Waals surface area (Å²) < 4.78 is 19.3. The average Bonchev–Trinajstić information content (AvgIpc) is 2.92. The van der Waals surface area contributed by atoms with E-state index in [-0.39, 0.29) is 23.7 Å². The third kappa shape index (κ3) is 3.76.